The Kier molecular flexibility index (Phi) is 7.39. The molecule has 2 heterocycles. The lowest BCUT2D eigenvalue weighted by atomic mass is 9.92. The molecule has 3 fully saturated rings. The Labute approximate surface area is 165 Å². The number of piperazine rings is 1. The highest BCUT2D eigenvalue weighted by atomic mass is 16.2. The van der Waals surface area contributed by atoms with E-state index < -0.39 is 0 Å². The van der Waals surface area contributed by atoms with Gasteiger partial charge in [0.1, 0.15) is 0 Å². The standard InChI is InChI=1S/C21H39N5O/c1-4-22-21(23-8-7-19-5-6-19)25-11-9-24(10-12-25)16-20(27)26-14-17(2)13-18(3)15-26/h17-19H,4-16H2,1-3H3,(H,22,23). The summed E-state index contributed by atoms with van der Waals surface area (Å²) in [5.41, 5.74) is 0. The van der Waals surface area contributed by atoms with E-state index in [1.165, 1.54) is 25.7 Å². The highest BCUT2D eigenvalue weighted by molar-refractivity contribution is 5.80. The molecule has 2 unspecified atom stereocenters. The van der Waals surface area contributed by atoms with Crippen molar-refractivity contribution in [1.82, 2.24) is 20.0 Å². The first kappa shape index (κ1) is 20.4. The molecule has 27 heavy (non-hydrogen) atoms. The van der Waals surface area contributed by atoms with Gasteiger partial charge in [-0.25, -0.2) is 0 Å². The van der Waals surface area contributed by atoms with Crippen LogP contribution in [0.4, 0.5) is 0 Å². The van der Waals surface area contributed by atoms with Gasteiger partial charge in [-0.15, -0.1) is 0 Å². The van der Waals surface area contributed by atoms with Crippen molar-refractivity contribution in [1.29, 1.82) is 0 Å². The van der Waals surface area contributed by atoms with Crippen LogP contribution in [-0.4, -0.2) is 85.5 Å². The number of piperidine rings is 1. The van der Waals surface area contributed by atoms with Crippen molar-refractivity contribution in [2.75, 3.05) is 58.9 Å². The van der Waals surface area contributed by atoms with E-state index >= 15 is 0 Å². The van der Waals surface area contributed by atoms with Gasteiger partial charge in [0.15, 0.2) is 5.96 Å². The summed E-state index contributed by atoms with van der Waals surface area (Å²) < 4.78 is 0. The third-order valence-corrected chi connectivity index (χ3v) is 6.08. The molecule has 6 heteroatoms. The molecule has 3 rings (SSSR count). The summed E-state index contributed by atoms with van der Waals surface area (Å²) in [6, 6.07) is 0. The van der Waals surface area contributed by atoms with Gasteiger partial charge in [-0.3, -0.25) is 14.7 Å². The van der Waals surface area contributed by atoms with Gasteiger partial charge >= 0.3 is 0 Å². The van der Waals surface area contributed by atoms with Crippen LogP contribution in [0.3, 0.4) is 0 Å². The minimum absolute atomic E-state index is 0.312. The van der Waals surface area contributed by atoms with Gasteiger partial charge in [0.25, 0.3) is 0 Å². The van der Waals surface area contributed by atoms with E-state index in [2.05, 4.69) is 40.8 Å². The third-order valence-electron chi connectivity index (χ3n) is 6.08. The van der Waals surface area contributed by atoms with Crippen LogP contribution in [0.2, 0.25) is 0 Å². The topological polar surface area (TPSA) is 51.2 Å². The van der Waals surface area contributed by atoms with Crippen molar-refractivity contribution < 1.29 is 4.79 Å². The molecule has 0 aromatic carbocycles. The van der Waals surface area contributed by atoms with Gasteiger partial charge < -0.3 is 15.1 Å². The smallest absolute Gasteiger partial charge is 0.236 e. The fourth-order valence-electron chi connectivity index (χ4n) is 4.46. The summed E-state index contributed by atoms with van der Waals surface area (Å²) in [6.07, 6.45) is 5.27. The van der Waals surface area contributed by atoms with Crippen LogP contribution >= 0.6 is 0 Å². The van der Waals surface area contributed by atoms with Crippen molar-refractivity contribution in [2.24, 2.45) is 22.7 Å². The summed E-state index contributed by atoms with van der Waals surface area (Å²) in [6.45, 7) is 14.7. The zero-order chi connectivity index (χ0) is 19.2. The molecule has 0 aromatic heterocycles. The lowest BCUT2D eigenvalue weighted by Crippen LogP contribution is -2.55. The molecule has 1 amide bonds. The SMILES string of the molecule is CCNC(=NCCC1CC1)N1CCN(CC(=O)N2CC(C)CC(C)C2)CC1. The quantitative estimate of drug-likeness (QED) is 0.567. The number of hydrogen-bond acceptors (Lipinski definition) is 3. The first-order valence-corrected chi connectivity index (χ1v) is 11.1. The van der Waals surface area contributed by atoms with Crippen LogP contribution in [0.5, 0.6) is 0 Å². The molecule has 2 atom stereocenters. The van der Waals surface area contributed by atoms with Crippen molar-refractivity contribution in [3.63, 3.8) is 0 Å². The number of guanidine groups is 1. The second-order valence-corrected chi connectivity index (χ2v) is 8.98. The number of likely N-dealkylation sites (tertiary alicyclic amines) is 1. The average Bonchev–Trinajstić information content (AvgIpc) is 3.45. The number of aliphatic imine (C=N–C) groups is 1. The molecule has 2 saturated heterocycles. The van der Waals surface area contributed by atoms with Crippen molar-refractivity contribution in [3.8, 4) is 0 Å². The van der Waals surface area contributed by atoms with Crippen LogP contribution in [0.15, 0.2) is 4.99 Å². The first-order valence-electron chi connectivity index (χ1n) is 11.1. The first-order chi connectivity index (χ1) is 13.0. The molecular formula is C21H39N5O. The molecule has 0 aromatic rings. The van der Waals surface area contributed by atoms with Crippen molar-refractivity contribution >= 4 is 11.9 Å². The second-order valence-electron chi connectivity index (χ2n) is 8.98. The van der Waals surface area contributed by atoms with Gasteiger partial charge in [0, 0.05) is 52.4 Å². The zero-order valence-corrected chi connectivity index (χ0v) is 17.6. The van der Waals surface area contributed by atoms with E-state index in [1.807, 2.05) is 0 Å². The minimum Gasteiger partial charge on any atom is -0.357 e. The highest BCUT2D eigenvalue weighted by Crippen LogP contribution is 2.32. The summed E-state index contributed by atoms with van der Waals surface area (Å²) in [5.74, 6) is 3.56. The fourth-order valence-corrected chi connectivity index (χ4v) is 4.46. The summed E-state index contributed by atoms with van der Waals surface area (Å²) in [4.78, 5) is 24.3. The van der Waals surface area contributed by atoms with Gasteiger partial charge in [0.05, 0.1) is 6.54 Å². The molecule has 154 valence electrons. The molecule has 2 aliphatic heterocycles. The number of amides is 1. The van der Waals surface area contributed by atoms with Crippen LogP contribution in [0.1, 0.15) is 46.5 Å². The van der Waals surface area contributed by atoms with Gasteiger partial charge in [-0.1, -0.05) is 26.7 Å². The zero-order valence-electron chi connectivity index (χ0n) is 17.6. The van der Waals surface area contributed by atoms with Gasteiger partial charge in [-0.2, -0.15) is 0 Å². The number of carbonyl (C=O) groups excluding carboxylic acids is 1. The molecule has 6 nitrogen and oxygen atoms in total. The van der Waals surface area contributed by atoms with E-state index in [0.717, 1.165) is 64.2 Å². The Morgan fingerprint density at radius 3 is 2.30 bits per heavy atom. The van der Waals surface area contributed by atoms with Crippen molar-refractivity contribution in [2.45, 2.75) is 46.5 Å². The number of hydrogen-bond donors (Lipinski definition) is 1. The van der Waals surface area contributed by atoms with E-state index in [4.69, 9.17) is 4.99 Å². The molecule has 0 radical (unpaired) electrons. The summed E-state index contributed by atoms with van der Waals surface area (Å²) in [5, 5.41) is 3.45. The number of nitrogens with one attached hydrogen (secondary N) is 1. The molecule has 1 N–H and O–H groups in total. The summed E-state index contributed by atoms with van der Waals surface area (Å²) >= 11 is 0. The van der Waals surface area contributed by atoms with Crippen LogP contribution in [-0.2, 0) is 4.79 Å². The lowest BCUT2D eigenvalue weighted by Gasteiger charge is -2.39. The number of rotatable bonds is 6. The van der Waals surface area contributed by atoms with Gasteiger partial charge in [-0.05, 0) is 37.5 Å². The maximum Gasteiger partial charge on any atom is 0.236 e. The Hall–Kier alpha value is -1.30. The predicted octanol–water partition coefficient (Wildman–Crippen LogP) is 1.87. The molecule has 1 aliphatic carbocycles. The average molecular weight is 378 g/mol. The molecule has 3 aliphatic rings. The molecular weight excluding hydrogens is 338 g/mol. The summed E-state index contributed by atoms with van der Waals surface area (Å²) in [7, 11) is 0. The second kappa shape index (κ2) is 9.76. The Morgan fingerprint density at radius 1 is 1.04 bits per heavy atom. The molecule has 0 bridgehead atoms. The van der Waals surface area contributed by atoms with Crippen LogP contribution in [0.25, 0.3) is 0 Å². The Bertz CT molecular complexity index is 501. The Balaban J connectivity index is 1.43. The van der Waals surface area contributed by atoms with E-state index in [-0.39, 0.29) is 0 Å². The van der Waals surface area contributed by atoms with Crippen LogP contribution in [0, 0.1) is 17.8 Å². The van der Waals surface area contributed by atoms with Crippen molar-refractivity contribution in [3.05, 3.63) is 0 Å². The van der Waals surface area contributed by atoms with E-state index in [1.54, 1.807) is 0 Å². The fraction of sp³-hybridized carbons (Fsp3) is 0.905. The van der Waals surface area contributed by atoms with Crippen LogP contribution < -0.4 is 5.32 Å². The van der Waals surface area contributed by atoms with Gasteiger partial charge in [0.2, 0.25) is 5.91 Å². The highest BCUT2D eigenvalue weighted by Gasteiger charge is 2.28. The monoisotopic (exact) mass is 377 g/mol. The van der Waals surface area contributed by atoms with E-state index in [9.17, 15) is 4.79 Å². The minimum atomic E-state index is 0.312. The maximum atomic E-state index is 12.7. The molecule has 0 spiro atoms. The Morgan fingerprint density at radius 2 is 1.70 bits per heavy atom. The predicted molar refractivity (Wildman–Crippen MR) is 111 cm³/mol. The normalized spacial score (nSPS) is 27.7. The largest absolute Gasteiger partial charge is 0.357 e. The maximum absolute atomic E-state index is 12.7. The van der Waals surface area contributed by atoms with E-state index in [0.29, 0.717) is 24.3 Å². The number of carbonyl (C=O) groups is 1. The lowest BCUT2D eigenvalue weighted by molar-refractivity contribution is -0.135. The number of nitrogens with zero attached hydrogens (tertiary/aromatic N) is 4. The third kappa shape index (κ3) is 6.37. The molecule has 1 saturated carbocycles.